The molecule has 8 nitrogen and oxygen atoms in total. The van der Waals surface area contributed by atoms with Crippen LogP contribution in [-0.2, 0) is 28.8 Å². The van der Waals surface area contributed by atoms with Gasteiger partial charge in [0.25, 0.3) is 11.5 Å². The summed E-state index contributed by atoms with van der Waals surface area (Å²) in [4.78, 5) is 48.2. The predicted octanol–water partition coefficient (Wildman–Crippen LogP) is 6.19. The zero-order valence-electron chi connectivity index (χ0n) is 26.4. The number of hydrogen-bond donors (Lipinski definition) is 1. The molecule has 1 fully saturated rings. The normalized spacial score (nSPS) is 15.0. The summed E-state index contributed by atoms with van der Waals surface area (Å²) < 4.78 is 6.75. The molecular formula is C35H39ClN4O4S. The number of methoxy groups -OCH3 is 1. The van der Waals surface area contributed by atoms with Crippen LogP contribution >= 0.6 is 22.9 Å². The molecule has 236 valence electrons. The van der Waals surface area contributed by atoms with Crippen LogP contribution < -0.4 is 10.9 Å². The Labute approximate surface area is 273 Å². The van der Waals surface area contributed by atoms with Crippen LogP contribution in [0.5, 0.6) is 0 Å². The Kier molecular flexibility index (Phi) is 10.2. The molecule has 5 rings (SSSR count). The van der Waals surface area contributed by atoms with Gasteiger partial charge in [-0.05, 0) is 54.5 Å². The molecule has 0 aliphatic carbocycles. The highest BCUT2D eigenvalue weighted by Gasteiger charge is 2.32. The first-order valence-electron chi connectivity index (χ1n) is 15.4. The van der Waals surface area contributed by atoms with Gasteiger partial charge in [-0.25, -0.2) is 4.98 Å². The maximum atomic E-state index is 14.7. The van der Waals surface area contributed by atoms with E-state index < -0.39 is 12.0 Å². The number of rotatable bonds is 9. The minimum Gasteiger partial charge on any atom is -0.468 e. The number of ether oxygens (including phenoxy) is 1. The molecule has 2 aromatic heterocycles. The maximum absolute atomic E-state index is 14.7. The van der Waals surface area contributed by atoms with Gasteiger partial charge in [0.1, 0.15) is 11.0 Å². The molecule has 10 heteroatoms. The van der Waals surface area contributed by atoms with E-state index in [1.807, 2.05) is 47.8 Å². The molecule has 1 aliphatic heterocycles. The van der Waals surface area contributed by atoms with Gasteiger partial charge in [-0.3, -0.25) is 19.0 Å². The summed E-state index contributed by atoms with van der Waals surface area (Å²) in [5, 5.41) is 6.23. The molecule has 1 amide bonds. The highest BCUT2D eigenvalue weighted by molar-refractivity contribution is 7.13. The standard InChI is InChI=1S/C35H39ClN4O4S/c1-6-22-9-8-10-23(7-2)31(22)40-30(17-21(3)4)26(33(41)39-16-15-37-28(19-39)35(43)44-5)18-27(34(40)42)32-38-29(20-45-32)24-11-13-25(36)14-12-24/h8-14,18,20-21,28,37H,6-7,15-17,19H2,1-5H3. The smallest absolute Gasteiger partial charge is 0.324 e. The molecule has 3 heterocycles. The SMILES string of the molecule is CCc1cccc(CC)c1-n1c(CC(C)C)c(C(=O)N2CCNC(C(=O)OC)C2)cc(-c2nc(-c3ccc(Cl)cc3)cs2)c1=O. The van der Waals surface area contributed by atoms with Crippen molar-refractivity contribution in [1.82, 2.24) is 19.8 Å². The van der Waals surface area contributed by atoms with Crippen LogP contribution in [0.1, 0.15) is 54.9 Å². The largest absolute Gasteiger partial charge is 0.468 e. The number of benzene rings is 2. The number of carbonyl (C=O) groups is 2. The van der Waals surface area contributed by atoms with Crippen LogP contribution in [-0.4, -0.2) is 59.1 Å². The second-order valence-corrected chi connectivity index (χ2v) is 12.9. The topological polar surface area (TPSA) is 93.5 Å². The van der Waals surface area contributed by atoms with Gasteiger partial charge in [-0.2, -0.15) is 0 Å². The lowest BCUT2D eigenvalue weighted by molar-refractivity contribution is -0.144. The van der Waals surface area contributed by atoms with E-state index in [2.05, 4.69) is 33.0 Å². The van der Waals surface area contributed by atoms with E-state index in [1.165, 1.54) is 18.4 Å². The molecule has 1 saturated heterocycles. The predicted molar refractivity (Wildman–Crippen MR) is 181 cm³/mol. The van der Waals surface area contributed by atoms with Crippen molar-refractivity contribution >= 4 is 34.8 Å². The summed E-state index contributed by atoms with van der Waals surface area (Å²) in [6.07, 6.45) is 1.96. The van der Waals surface area contributed by atoms with Gasteiger partial charge >= 0.3 is 5.97 Å². The number of hydrogen-bond acceptors (Lipinski definition) is 7. The minimum atomic E-state index is -0.625. The van der Waals surface area contributed by atoms with Gasteiger partial charge in [0, 0.05) is 41.3 Å². The quantitative estimate of drug-likeness (QED) is 0.218. The molecule has 4 aromatic rings. The van der Waals surface area contributed by atoms with Crippen molar-refractivity contribution in [2.24, 2.45) is 5.92 Å². The van der Waals surface area contributed by atoms with Crippen LogP contribution in [0.15, 0.2) is 58.7 Å². The molecule has 0 bridgehead atoms. The summed E-state index contributed by atoms with van der Waals surface area (Å²) in [5.74, 6) is -0.478. The molecule has 2 aromatic carbocycles. The Balaban J connectivity index is 1.77. The monoisotopic (exact) mass is 646 g/mol. The number of nitrogens with one attached hydrogen (secondary N) is 1. The molecule has 45 heavy (non-hydrogen) atoms. The number of nitrogens with zero attached hydrogens (tertiary/aromatic N) is 3. The van der Waals surface area contributed by atoms with Crippen LogP contribution in [0.3, 0.4) is 0 Å². The number of pyridine rings is 1. The van der Waals surface area contributed by atoms with E-state index in [1.54, 1.807) is 15.5 Å². The summed E-state index contributed by atoms with van der Waals surface area (Å²) in [6, 6.07) is 14.6. The number of aryl methyl sites for hydroxylation is 2. The average Bonchev–Trinajstić information content (AvgIpc) is 3.54. The summed E-state index contributed by atoms with van der Waals surface area (Å²) >= 11 is 7.48. The highest BCUT2D eigenvalue weighted by atomic mass is 35.5. The van der Waals surface area contributed by atoms with E-state index in [9.17, 15) is 14.4 Å². The van der Waals surface area contributed by atoms with Crippen LogP contribution in [0.4, 0.5) is 0 Å². The van der Waals surface area contributed by atoms with Crippen molar-refractivity contribution in [2.45, 2.75) is 53.0 Å². The Morgan fingerprint density at radius 3 is 2.42 bits per heavy atom. The molecule has 1 atom stereocenters. The van der Waals surface area contributed by atoms with E-state index in [-0.39, 0.29) is 23.9 Å². The van der Waals surface area contributed by atoms with E-state index in [0.29, 0.717) is 46.4 Å². The van der Waals surface area contributed by atoms with E-state index in [4.69, 9.17) is 21.3 Å². The number of halogens is 1. The van der Waals surface area contributed by atoms with Crippen LogP contribution in [0, 0.1) is 5.92 Å². The number of aromatic nitrogens is 2. The van der Waals surface area contributed by atoms with E-state index in [0.717, 1.165) is 40.9 Å². The lowest BCUT2D eigenvalue weighted by atomic mass is 9.96. The van der Waals surface area contributed by atoms with Crippen molar-refractivity contribution in [1.29, 1.82) is 0 Å². The first kappa shape index (κ1) is 32.6. The number of carbonyl (C=O) groups excluding carboxylic acids is 2. The molecule has 0 spiro atoms. The van der Waals surface area contributed by atoms with Crippen molar-refractivity contribution in [3.63, 3.8) is 0 Å². The molecule has 1 N–H and O–H groups in total. The molecule has 1 unspecified atom stereocenters. The number of thiazole rings is 1. The molecule has 1 aliphatic rings. The first-order valence-corrected chi connectivity index (χ1v) is 16.6. The van der Waals surface area contributed by atoms with Gasteiger partial charge in [0.15, 0.2) is 0 Å². The Morgan fingerprint density at radius 1 is 1.11 bits per heavy atom. The summed E-state index contributed by atoms with van der Waals surface area (Å²) in [7, 11) is 1.34. The summed E-state index contributed by atoms with van der Waals surface area (Å²) in [6.45, 7) is 9.37. The summed E-state index contributed by atoms with van der Waals surface area (Å²) in [5.41, 5.74) is 5.78. The maximum Gasteiger partial charge on any atom is 0.324 e. The van der Waals surface area contributed by atoms with E-state index >= 15 is 0 Å². The second-order valence-electron chi connectivity index (χ2n) is 11.6. The Hall–Kier alpha value is -3.79. The highest BCUT2D eigenvalue weighted by Crippen LogP contribution is 2.32. The van der Waals surface area contributed by atoms with Crippen molar-refractivity contribution < 1.29 is 14.3 Å². The average molecular weight is 647 g/mol. The third kappa shape index (κ3) is 6.76. The van der Waals surface area contributed by atoms with Crippen molar-refractivity contribution in [2.75, 3.05) is 26.7 Å². The lowest BCUT2D eigenvalue weighted by Crippen LogP contribution is -2.56. The third-order valence-corrected chi connectivity index (χ3v) is 9.27. The molecular weight excluding hydrogens is 608 g/mol. The number of amides is 1. The van der Waals surface area contributed by atoms with Crippen molar-refractivity contribution in [3.8, 4) is 27.5 Å². The zero-order chi connectivity index (χ0) is 32.2. The number of esters is 1. The Morgan fingerprint density at radius 2 is 1.80 bits per heavy atom. The lowest BCUT2D eigenvalue weighted by Gasteiger charge is -2.33. The third-order valence-electron chi connectivity index (χ3n) is 8.15. The van der Waals surface area contributed by atoms with Gasteiger partial charge in [0.05, 0.1) is 29.6 Å². The van der Waals surface area contributed by atoms with Crippen molar-refractivity contribution in [3.05, 3.63) is 91.7 Å². The fraction of sp³-hybridized carbons (Fsp3) is 0.371. The van der Waals surface area contributed by atoms with Gasteiger partial charge in [-0.1, -0.05) is 69.6 Å². The fourth-order valence-corrected chi connectivity index (χ4v) is 6.84. The zero-order valence-corrected chi connectivity index (χ0v) is 27.9. The number of para-hydroxylation sites is 1. The first-order chi connectivity index (χ1) is 21.7. The van der Waals surface area contributed by atoms with Gasteiger partial charge in [-0.15, -0.1) is 11.3 Å². The second kappa shape index (κ2) is 14.1. The Bertz CT molecular complexity index is 1740. The number of piperazine rings is 1. The molecule has 0 radical (unpaired) electrons. The molecule has 0 saturated carbocycles. The minimum absolute atomic E-state index is 0.161. The van der Waals surface area contributed by atoms with Crippen LogP contribution in [0.25, 0.3) is 27.5 Å². The van der Waals surface area contributed by atoms with Gasteiger partial charge < -0.3 is 15.0 Å². The fourth-order valence-electron chi connectivity index (χ4n) is 5.87. The van der Waals surface area contributed by atoms with Gasteiger partial charge in [0.2, 0.25) is 0 Å². The van der Waals surface area contributed by atoms with Crippen LogP contribution in [0.2, 0.25) is 5.02 Å².